The van der Waals surface area contributed by atoms with Crippen molar-refractivity contribution in [3.8, 4) is 0 Å². The highest BCUT2D eigenvalue weighted by atomic mass is 32.2. The summed E-state index contributed by atoms with van der Waals surface area (Å²) in [5, 5.41) is 12.1. The van der Waals surface area contributed by atoms with E-state index in [9.17, 15) is 19.5 Å². The SMILES string of the molecule is CCC(C)NC(=O)C1CSCN1C(=O)CCc1ccccc1C(=O)O. The predicted molar refractivity (Wildman–Crippen MR) is 97.6 cm³/mol. The molecule has 136 valence electrons. The number of nitrogens with one attached hydrogen (secondary N) is 1. The third kappa shape index (κ3) is 4.98. The average Bonchev–Trinajstić information content (AvgIpc) is 3.09. The molecule has 2 rings (SSSR count). The van der Waals surface area contributed by atoms with Crippen LogP contribution in [0.5, 0.6) is 0 Å². The van der Waals surface area contributed by atoms with Crippen LogP contribution in [0, 0.1) is 0 Å². The number of carbonyl (C=O) groups is 3. The molecule has 1 heterocycles. The van der Waals surface area contributed by atoms with Crippen molar-refractivity contribution in [2.45, 2.75) is 45.2 Å². The van der Waals surface area contributed by atoms with E-state index in [1.807, 2.05) is 13.8 Å². The molecule has 1 saturated heterocycles. The highest BCUT2D eigenvalue weighted by Gasteiger charge is 2.34. The molecule has 1 aromatic carbocycles. The molecule has 1 aliphatic rings. The first kappa shape index (κ1) is 19.3. The van der Waals surface area contributed by atoms with Gasteiger partial charge >= 0.3 is 5.97 Å². The number of aryl methyl sites for hydroxylation is 1. The summed E-state index contributed by atoms with van der Waals surface area (Å²) in [6, 6.07) is 6.33. The van der Waals surface area contributed by atoms with Crippen molar-refractivity contribution in [3.63, 3.8) is 0 Å². The molecule has 0 saturated carbocycles. The lowest BCUT2D eigenvalue weighted by atomic mass is 10.0. The van der Waals surface area contributed by atoms with Crippen molar-refractivity contribution in [2.75, 3.05) is 11.6 Å². The molecule has 25 heavy (non-hydrogen) atoms. The molecule has 2 atom stereocenters. The molecular formula is C18H24N2O4S. The molecule has 0 radical (unpaired) electrons. The topological polar surface area (TPSA) is 86.7 Å². The molecule has 6 nitrogen and oxygen atoms in total. The number of carbonyl (C=O) groups excluding carboxylic acids is 2. The minimum Gasteiger partial charge on any atom is -0.478 e. The van der Waals surface area contributed by atoms with Crippen molar-refractivity contribution in [2.24, 2.45) is 0 Å². The van der Waals surface area contributed by atoms with E-state index in [0.29, 0.717) is 23.6 Å². The van der Waals surface area contributed by atoms with Crippen LogP contribution < -0.4 is 5.32 Å². The van der Waals surface area contributed by atoms with Gasteiger partial charge in [0.1, 0.15) is 6.04 Å². The van der Waals surface area contributed by atoms with Crippen LogP contribution in [0.15, 0.2) is 24.3 Å². The van der Waals surface area contributed by atoms with Crippen LogP contribution in [-0.4, -0.2) is 51.5 Å². The lowest BCUT2D eigenvalue weighted by Gasteiger charge is -2.24. The van der Waals surface area contributed by atoms with E-state index in [-0.39, 0.29) is 29.8 Å². The Morgan fingerprint density at radius 1 is 1.36 bits per heavy atom. The fourth-order valence-corrected chi connectivity index (χ4v) is 3.86. The van der Waals surface area contributed by atoms with E-state index in [1.54, 1.807) is 34.9 Å². The van der Waals surface area contributed by atoms with E-state index < -0.39 is 12.0 Å². The number of carboxylic acids is 1. The lowest BCUT2D eigenvalue weighted by molar-refractivity contribution is -0.138. The van der Waals surface area contributed by atoms with Gasteiger partial charge in [-0.05, 0) is 31.4 Å². The van der Waals surface area contributed by atoms with Crippen molar-refractivity contribution in [1.29, 1.82) is 0 Å². The Kier molecular flexibility index (Phi) is 6.87. The fraction of sp³-hybridized carbons (Fsp3) is 0.500. The Morgan fingerprint density at radius 2 is 2.08 bits per heavy atom. The summed E-state index contributed by atoms with van der Waals surface area (Å²) in [5.41, 5.74) is 0.855. The summed E-state index contributed by atoms with van der Waals surface area (Å²) >= 11 is 1.56. The fourth-order valence-electron chi connectivity index (χ4n) is 2.68. The van der Waals surface area contributed by atoms with Crippen molar-refractivity contribution in [1.82, 2.24) is 10.2 Å². The highest BCUT2D eigenvalue weighted by molar-refractivity contribution is 7.99. The highest BCUT2D eigenvalue weighted by Crippen LogP contribution is 2.23. The van der Waals surface area contributed by atoms with Gasteiger partial charge in [0.05, 0.1) is 11.4 Å². The zero-order valence-electron chi connectivity index (χ0n) is 14.5. The second-order valence-electron chi connectivity index (χ2n) is 6.16. The zero-order valence-corrected chi connectivity index (χ0v) is 15.3. The molecule has 1 fully saturated rings. The maximum absolute atomic E-state index is 12.6. The van der Waals surface area contributed by atoms with Crippen molar-refractivity contribution >= 4 is 29.5 Å². The molecule has 1 aromatic rings. The van der Waals surface area contributed by atoms with Crippen LogP contribution in [0.4, 0.5) is 0 Å². The van der Waals surface area contributed by atoms with Gasteiger partial charge in [-0.15, -0.1) is 11.8 Å². The van der Waals surface area contributed by atoms with Crippen LogP contribution in [0.1, 0.15) is 42.6 Å². The quantitative estimate of drug-likeness (QED) is 0.774. The van der Waals surface area contributed by atoms with Gasteiger partial charge in [0, 0.05) is 18.2 Å². The third-order valence-corrected chi connectivity index (χ3v) is 5.37. The van der Waals surface area contributed by atoms with Crippen LogP contribution in [0.3, 0.4) is 0 Å². The number of carboxylic acid groups (broad SMARTS) is 1. The molecule has 2 unspecified atom stereocenters. The number of thioether (sulfide) groups is 1. The maximum atomic E-state index is 12.6. The number of amides is 2. The Labute approximate surface area is 152 Å². The summed E-state index contributed by atoms with van der Waals surface area (Å²) in [4.78, 5) is 37.8. The number of rotatable bonds is 7. The first-order valence-electron chi connectivity index (χ1n) is 8.42. The minimum atomic E-state index is -0.995. The number of hydrogen-bond acceptors (Lipinski definition) is 4. The Morgan fingerprint density at radius 3 is 2.76 bits per heavy atom. The van der Waals surface area contributed by atoms with E-state index in [4.69, 9.17) is 0 Å². The van der Waals surface area contributed by atoms with Crippen LogP contribution in [0.2, 0.25) is 0 Å². The second kappa shape index (κ2) is 8.89. The van der Waals surface area contributed by atoms with Gasteiger partial charge in [0.2, 0.25) is 11.8 Å². The van der Waals surface area contributed by atoms with Gasteiger partial charge < -0.3 is 15.3 Å². The normalized spacial score (nSPS) is 18.0. The standard InChI is InChI=1S/C18H24N2O4S/c1-3-12(2)19-17(22)15-10-25-11-20(15)16(21)9-8-13-6-4-5-7-14(13)18(23)24/h4-7,12,15H,3,8-11H2,1-2H3,(H,19,22)(H,23,24). The second-order valence-corrected chi connectivity index (χ2v) is 7.16. The molecular weight excluding hydrogens is 340 g/mol. The van der Waals surface area contributed by atoms with Crippen LogP contribution in [-0.2, 0) is 16.0 Å². The summed E-state index contributed by atoms with van der Waals surface area (Å²) in [6.07, 6.45) is 1.38. The summed E-state index contributed by atoms with van der Waals surface area (Å²) in [7, 11) is 0. The molecule has 0 bridgehead atoms. The number of benzene rings is 1. The molecule has 2 amide bonds. The summed E-state index contributed by atoms with van der Waals surface area (Å²) in [5.74, 6) is -0.128. The zero-order chi connectivity index (χ0) is 18.4. The van der Waals surface area contributed by atoms with E-state index >= 15 is 0 Å². The maximum Gasteiger partial charge on any atom is 0.335 e. The van der Waals surface area contributed by atoms with E-state index in [1.165, 1.54) is 6.07 Å². The molecule has 2 N–H and O–H groups in total. The van der Waals surface area contributed by atoms with Gasteiger partial charge in [-0.1, -0.05) is 25.1 Å². The lowest BCUT2D eigenvalue weighted by Crippen LogP contribution is -2.49. The number of nitrogens with zero attached hydrogens (tertiary/aromatic N) is 1. The van der Waals surface area contributed by atoms with Crippen molar-refractivity contribution < 1.29 is 19.5 Å². The van der Waals surface area contributed by atoms with Gasteiger partial charge in [0.25, 0.3) is 0 Å². The molecule has 7 heteroatoms. The average molecular weight is 364 g/mol. The van der Waals surface area contributed by atoms with E-state index in [0.717, 1.165) is 6.42 Å². The Hall–Kier alpha value is -2.02. The smallest absolute Gasteiger partial charge is 0.335 e. The summed E-state index contributed by atoms with van der Waals surface area (Å²) < 4.78 is 0. The minimum absolute atomic E-state index is 0.0810. The number of aromatic carboxylic acids is 1. The van der Waals surface area contributed by atoms with Crippen LogP contribution in [0.25, 0.3) is 0 Å². The summed E-state index contributed by atoms with van der Waals surface area (Å²) in [6.45, 7) is 3.94. The van der Waals surface area contributed by atoms with Gasteiger partial charge in [0.15, 0.2) is 0 Å². The van der Waals surface area contributed by atoms with Gasteiger partial charge in [-0.3, -0.25) is 9.59 Å². The largest absolute Gasteiger partial charge is 0.478 e. The van der Waals surface area contributed by atoms with Gasteiger partial charge in [-0.2, -0.15) is 0 Å². The molecule has 1 aliphatic heterocycles. The predicted octanol–water partition coefficient (Wildman–Crippen LogP) is 2.13. The van der Waals surface area contributed by atoms with E-state index in [2.05, 4.69) is 5.32 Å². The molecule has 0 aromatic heterocycles. The third-order valence-electron chi connectivity index (χ3n) is 4.36. The first-order valence-corrected chi connectivity index (χ1v) is 9.58. The Balaban J connectivity index is 1.98. The van der Waals surface area contributed by atoms with Gasteiger partial charge in [-0.25, -0.2) is 4.79 Å². The first-order chi connectivity index (χ1) is 11.9. The van der Waals surface area contributed by atoms with Crippen LogP contribution >= 0.6 is 11.8 Å². The Bertz CT molecular complexity index is 650. The van der Waals surface area contributed by atoms with Crippen molar-refractivity contribution in [3.05, 3.63) is 35.4 Å². The monoisotopic (exact) mass is 364 g/mol. The molecule has 0 aliphatic carbocycles. The molecule has 0 spiro atoms. The number of hydrogen-bond donors (Lipinski definition) is 2.